The highest BCUT2D eigenvalue weighted by Crippen LogP contribution is 2.24. The van der Waals surface area contributed by atoms with Crippen LogP contribution >= 0.6 is 0 Å². The second-order valence-corrected chi connectivity index (χ2v) is 6.00. The molecule has 0 aliphatic carbocycles. The van der Waals surface area contributed by atoms with Crippen LogP contribution in [-0.4, -0.2) is 15.8 Å². The van der Waals surface area contributed by atoms with Gasteiger partial charge in [-0.05, 0) is 13.3 Å². The molecule has 3 heteroatoms. The van der Waals surface area contributed by atoms with Crippen LogP contribution in [0.15, 0.2) is 6.20 Å². The molecule has 1 rings (SSSR count). The fraction of sp³-hybridized carbons (Fsp3) is 0.786. The third kappa shape index (κ3) is 4.15. The summed E-state index contributed by atoms with van der Waals surface area (Å²) < 4.78 is 1.92. The molecular weight excluding hydrogens is 210 g/mol. The van der Waals surface area contributed by atoms with Crippen LogP contribution in [0.4, 0.5) is 0 Å². The molecule has 0 bridgehead atoms. The van der Waals surface area contributed by atoms with Gasteiger partial charge in [0.25, 0.3) is 0 Å². The molecule has 0 aliphatic heterocycles. The number of hydrogen-bond donors (Lipinski definition) is 1. The quantitative estimate of drug-likeness (QED) is 0.853. The zero-order chi connectivity index (χ0) is 13.1. The molecule has 3 nitrogen and oxygen atoms in total. The SMILES string of the molecule is CCCC(C)NCc1cn(C)nc1C(C)(C)C. The Morgan fingerprint density at radius 3 is 2.59 bits per heavy atom. The minimum absolute atomic E-state index is 0.117. The van der Waals surface area contributed by atoms with Gasteiger partial charge in [-0.1, -0.05) is 34.1 Å². The summed E-state index contributed by atoms with van der Waals surface area (Å²) in [5.74, 6) is 0. The average molecular weight is 237 g/mol. The van der Waals surface area contributed by atoms with Crippen molar-refractivity contribution in [2.75, 3.05) is 0 Å². The van der Waals surface area contributed by atoms with E-state index in [-0.39, 0.29) is 5.41 Å². The Labute approximate surface area is 106 Å². The van der Waals surface area contributed by atoms with Crippen LogP contribution in [0.3, 0.4) is 0 Å². The monoisotopic (exact) mass is 237 g/mol. The number of aromatic nitrogens is 2. The van der Waals surface area contributed by atoms with E-state index in [1.807, 2.05) is 11.7 Å². The standard InChI is InChI=1S/C14H27N3/c1-7-8-11(2)15-9-12-10-17(6)16-13(12)14(3,4)5/h10-11,15H,7-9H2,1-6H3. The molecule has 0 aliphatic rings. The summed E-state index contributed by atoms with van der Waals surface area (Å²) in [4.78, 5) is 0. The first-order valence-corrected chi connectivity index (χ1v) is 6.61. The molecule has 0 amide bonds. The van der Waals surface area contributed by atoms with E-state index in [9.17, 15) is 0 Å². The molecule has 0 spiro atoms. The van der Waals surface area contributed by atoms with Gasteiger partial charge in [0.05, 0.1) is 5.69 Å². The van der Waals surface area contributed by atoms with Gasteiger partial charge < -0.3 is 5.32 Å². The minimum atomic E-state index is 0.117. The van der Waals surface area contributed by atoms with Gasteiger partial charge in [0.1, 0.15) is 0 Å². The van der Waals surface area contributed by atoms with Gasteiger partial charge in [-0.15, -0.1) is 0 Å². The van der Waals surface area contributed by atoms with E-state index in [1.54, 1.807) is 0 Å². The lowest BCUT2D eigenvalue weighted by Crippen LogP contribution is -2.26. The van der Waals surface area contributed by atoms with Crippen LogP contribution in [-0.2, 0) is 19.0 Å². The van der Waals surface area contributed by atoms with Crippen molar-refractivity contribution in [1.82, 2.24) is 15.1 Å². The van der Waals surface area contributed by atoms with Gasteiger partial charge in [-0.2, -0.15) is 5.10 Å². The summed E-state index contributed by atoms with van der Waals surface area (Å²) >= 11 is 0. The molecule has 1 aromatic heterocycles. The smallest absolute Gasteiger partial charge is 0.0722 e. The van der Waals surface area contributed by atoms with Gasteiger partial charge in [-0.3, -0.25) is 4.68 Å². The lowest BCUT2D eigenvalue weighted by molar-refractivity contribution is 0.497. The Hall–Kier alpha value is -0.830. The number of aryl methyl sites for hydroxylation is 1. The number of hydrogen-bond acceptors (Lipinski definition) is 2. The molecule has 17 heavy (non-hydrogen) atoms. The van der Waals surface area contributed by atoms with Crippen molar-refractivity contribution in [2.45, 2.75) is 65.5 Å². The maximum Gasteiger partial charge on any atom is 0.0722 e. The first-order chi connectivity index (χ1) is 7.84. The lowest BCUT2D eigenvalue weighted by Gasteiger charge is -2.19. The molecule has 98 valence electrons. The Morgan fingerprint density at radius 2 is 2.06 bits per heavy atom. The van der Waals surface area contributed by atoms with Crippen molar-refractivity contribution in [3.63, 3.8) is 0 Å². The summed E-state index contributed by atoms with van der Waals surface area (Å²) in [7, 11) is 1.99. The molecule has 0 radical (unpaired) electrons. The predicted molar refractivity (Wildman–Crippen MR) is 73.1 cm³/mol. The zero-order valence-electron chi connectivity index (χ0n) is 12.2. The first kappa shape index (κ1) is 14.2. The molecule has 1 aromatic rings. The summed E-state index contributed by atoms with van der Waals surface area (Å²) in [6.07, 6.45) is 4.59. The Balaban J connectivity index is 2.71. The number of nitrogens with zero attached hydrogens (tertiary/aromatic N) is 2. The van der Waals surface area contributed by atoms with Gasteiger partial charge in [-0.25, -0.2) is 0 Å². The van der Waals surface area contributed by atoms with Crippen molar-refractivity contribution in [1.29, 1.82) is 0 Å². The Kier molecular flexibility index (Phi) is 4.75. The molecule has 0 fully saturated rings. The van der Waals surface area contributed by atoms with Gasteiger partial charge in [0.2, 0.25) is 0 Å². The zero-order valence-corrected chi connectivity index (χ0v) is 12.2. The van der Waals surface area contributed by atoms with Crippen LogP contribution in [0.25, 0.3) is 0 Å². The van der Waals surface area contributed by atoms with Crippen LogP contribution < -0.4 is 5.32 Å². The van der Waals surface area contributed by atoms with Crippen molar-refractivity contribution >= 4 is 0 Å². The Morgan fingerprint density at radius 1 is 1.41 bits per heavy atom. The summed E-state index contributed by atoms with van der Waals surface area (Å²) in [6, 6.07) is 0.577. The third-order valence-corrected chi connectivity index (χ3v) is 2.98. The third-order valence-electron chi connectivity index (χ3n) is 2.98. The molecule has 1 unspecified atom stereocenters. The fourth-order valence-electron chi connectivity index (χ4n) is 2.12. The Bertz CT molecular complexity index is 347. The molecule has 0 saturated heterocycles. The number of nitrogens with one attached hydrogen (secondary N) is 1. The van der Waals surface area contributed by atoms with E-state index in [4.69, 9.17) is 0 Å². The van der Waals surface area contributed by atoms with E-state index >= 15 is 0 Å². The fourth-order valence-corrected chi connectivity index (χ4v) is 2.12. The largest absolute Gasteiger partial charge is 0.310 e. The molecule has 1 heterocycles. The first-order valence-electron chi connectivity index (χ1n) is 6.61. The maximum absolute atomic E-state index is 4.58. The van der Waals surface area contributed by atoms with E-state index in [2.05, 4.69) is 51.2 Å². The predicted octanol–water partition coefficient (Wildman–Crippen LogP) is 3.00. The second kappa shape index (κ2) is 5.67. The molecular formula is C14H27N3. The molecule has 1 N–H and O–H groups in total. The van der Waals surface area contributed by atoms with Crippen LogP contribution in [0.5, 0.6) is 0 Å². The number of rotatable bonds is 5. The van der Waals surface area contributed by atoms with E-state index in [1.165, 1.54) is 24.1 Å². The van der Waals surface area contributed by atoms with Crippen LogP contribution in [0, 0.1) is 0 Å². The van der Waals surface area contributed by atoms with E-state index in [0.717, 1.165) is 6.54 Å². The van der Waals surface area contributed by atoms with Crippen molar-refractivity contribution in [3.8, 4) is 0 Å². The van der Waals surface area contributed by atoms with Gasteiger partial charge >= 0.3 is 0 Å². The van der Waals surface area contributed by atoms with Gasteiger partial charge in [0, 0.05) is 36.8 Å². The summed E-state index contributed by atoms with van der Waals surface area (Å²) in [5.41, 5.74) is 2.64. The molecule has 0 saturated carbocycles. The van der Waals surface area contributed by atoms with Crippen molar-refractivity contribution in [3.05, 3.63) is 17.5 Å². The highest BCUT2D eigenvalue weighted by molar-refractivity contribution is 5.23. The van der Waals surface area contributed by atoms with E-state index < -0.39 is 0 Å². The topological polar surface area (TPSA) is 29.9 Å². The highest BCUT2D eigenvalue weighted by Gasteiger charge is 2.21. The molecule has 0 aromatic carbocycles. The second-order valence-electron chi connectivity index (χ2n) is 6.00. The lowest BCUT2D eigenvalue weighted by atomic mass is 9.89. The molecule has 1 atom stereocenters. The van der Waals surface area contributed by atoms with Gasteiger partial charge in [0.15, 0.2) is 0 Å². The summed E-state index contributed by atoms with van der Waals surface area (Å²) in [5, 5.41) is 8.15. The minimum Gasteiger partial charge on any atom is -0.310 e. The summed E-state index contributed by atoms with van der Waals surface area (Å²) in [6.45, 7) is 12.0. The van der Waals surface area contributed by atoms with E-state index in [0.29, 0.717) is 6.04 Å². The normalized spacial score (nSPS) is 14.0. The maximum atomic E-state index is 4.58. The van der Waals surface area contributed by atoms with Crippen molar-refractivity contribution < 1.29 is 0 Å². The highest BCUT2D eigenvalue weighted by atomic mass is 15.3. The average Bonchev–Trinajstić information content (AvgIpc) is 2.57. The van der Waals surface area contributed by atoms with Crippen LogP contribution in [0.1, 0.15) is 58.7 Å². The van der Waals surface area contributed by atoms with Crippen molar-refractivity contribution in [2.24, 2.45) is 7.05 Å². The van der Waals surface area contributed by atoms with Crippen LogP contribution in [0.2, 0.25) is 0 Å².